The Labute approximate surface area is 102 Å². The van der Waals surface area contributed by atoms with Gasteiger partial charge >= 0.3 is 0 Å². The molecular formula is C12H19N5. The van der Waals surface area contributed by atoms with E-state index >= 15 is 0 Å². The van der Waals surface area contributed by atoms with Gasteiger partial charge in [0.25, 0.3) is 0 Å². The lowest BCUT2D eigenvalue weighted by molar-refractivity contribution is 0.638. The van der Waals surface area contributed by atoms with Crippen LogP contribution in [0.1, 0.15) is 39.0 Å². The van der Waals surface area contributed by atoms with Crippen LogP contribution in [0.5, 0.6) is 0 Å². The number of hydrogen-bond acceptors (Lipinski definition) is 4. The molecule has 1 unspecified atom stereocenters. The van der Waals surface area contributed by atoms with Crippen molar-refractivity contribution in [2.75, 3.05) is 6.54 Å². The molecule has 0 radical (unpaired) electrons. The first-order chi connectivity index (χ1) is 8.42. The summed E-state index contributed by atoms with van der Waals surface area (Å²) >= 11 is 0. The van der Waals surface area contributed by atoms with Crippen molar-refractivity contribution in [1.82, 2.24) is 5.32 Å². The molecule has 1 atom stereocenters. The standard InChI is InChI=1S/C12H19N5/c1-2-3-4-5-6-7-13-11-10-12(15-8-14-10)17-9-16-11/h8-10H,2-7H2,1H3,(H,13,14,15,16,17). The van der Waals surface area contributed by atoms with E-state index in [1.807, 2.05) is 0 Å². The van der Waals surface area contributed by atoms with Crippen LogP contribution in [-0.4, -0.2) is 36.9 Å². The Hall–Kier alpha value is -1.52. The Morgan fingerprint density at radius 2 is 2.18 bits per heavy atom. The quantitative estimate of drug-likeness (QED) is 0.699. The van der Waals surface area contributed by atoms with E-state index in [-0.39, 0.29) is 6.04 Å². The Kier molecular flexibility index (Phi) is 4.41. The van der Waals surface area contributed by atoms with Gasteiger partial charge in [-0.05, 0) is 6.42 Å². The van der Waals surface area contributed by atoms with Gasteiger partial charge in [-0.1, -0.05) is 32.6 Å². The summed E-state index contributed by atoms with van der Waals surface area (Å²) in [7, 11) is 0. The van der Waals surface area contributed by atoms with Gasteiger partial charge in [-0.25, -0.2) is 9.98 Å². The minimum Gasteiger partial charge on any atom is -0.332 e. The number of unbranched alkanes of at least 4 members (excludes halogenated alkanes) is 4. The van der Waals surface area contributed by atoms with Crippen LogP contribution < -0.4 is 5.32 Å². The molecule has 0 amide bonds. The van der Waals surface area contributed by atoms with Gasteiger partial charge < -0.3 is 5.32 Å². The number of rotatable bonds is 6. The molecule has 2 aliphatic rings. The Morgan fingerprint density at radius 3 is 3.06 bits per heavy atom. The van der Waals surface area contributed by atoms with Gasteiger partial charge in [0.15, 0.2) is 11.9 Å². The molecule has 17 heavy (non-hydrogen) atoms. The largest absolute Gasteiger partial charge is 0.332 e. The minimum absolute atomic E-state index is 0.0874. The number of nitrogens with zero attached hydrogens (tertiary/aromatic N) is 4. The van der Waals surface area contributed by atoms with Crippen molar-refractivity contribution in [2.24, 2.45) is 20.0 Å². The lowest BCUT2D eigenvalue weighted by Crippen LogP contribution is -2.40. The summed E-state index contributed by atoms with van der Waals surface area (Å²) in [6.45, 7) is 3.07. The number of amidine groups is 2. The Bertz CT molecular complexity index is 367. The van der Waals surface area contributed by atoms with E-state index in [1.54, 1.807) is 12.7 Å². The monoisotopic (exact) mass is 233 g/mol. The van der Waals surface area contributed by atoms with Gasteiger partial charge in [0, 0.05) is 6.54 Å². The van der Waals surface area contributed by atoms with Gasteiger partial charge in [-0.2, -0.15) is 0 Å². The van der Waals surface area contributed by atoms with Crippen LogP contribution in [0, 0.1) is 0 Å². The zero-order chi connectivity index (χ0) is 11.9. The van der Waals surface area contributed by atoms with Crippen LogP contribution >= 0.6 is 0 Å². The van der Waals surface area contributed by atoms with Crippen LogP contribution in [0.4, 0.5) is 0 Å². The molecule has 0 aliphatic carbocycles. The first-order valence-electron chi connectivity index (χ1n) is 6.34. The van der Waals surface area contributed by atoms with Gasteiger partial charge in [-0.3, -0.25) is 9.98 Å². The van der Waals surface area contributed by atoms with Gasteiger partial charge in [0.05, 0.1) is 6.34 Å². The molecule has 0 fully saturated rings. The molecule has 0 saturated heterocycles. The zero-order valence-electron chi connectivity index (χ0n) is 10.3. The first kappa shape index (κ1) is 12.0. The normalized spacial score (nSPS) is 23.7. The van der Waals surface area contributed by atoms with Gasteiger partial charge in [0.1, 0.15) is 12.2 Å². The van der Waals surface area contributed by atoms with Crippen molar-refractivity contribution in [3.8, 4) is 0 Å². The summed E-state index contributed by atoms with van der Waals surface area (Å²) < 4.78 is 0. The average Bonchev–Trinajstić information content (AvgIpc) is 2.82. The lowest BCUT2D eigenvalue weighted by Gasteiger charge is -2.14. The molecule has 2 heterocycles. The third-order valence-electron chi connectivity index (χ3n) is 2.86. The van der Waals surface area contributed by atoms with Crippen molar-refractivity contribution in [3.05, 3.63) is 0 Å². The molecule has 0 aromatic heterocycles. The van der Waals surface area contributed by atoms with Crippen LogP contribution in [0.25, 0.3) is 0 Å². The Balaban J connectivity index is 1.77. The molecule has 2 rings (SSSR count). The SMILES string of the molecule is CCCCCCCN=C1N=CNC2=NC=NC12. The van der Waals surface area contributed by atoms with Crippen molar-refractivity contribution in [2.45, 2.75) is 45.1 Å². The highest BCUT2D eigenvalue weighted by Gasteiger charge is 2.25. The molecule has 0 bridgehead atoms. The first-order valence-corrected chi connectivity index (χ1v) is 6.34. The Morgan fingerprint density at radius 1 is 1.29 bits per heavy atom. The third-order valence-corrected chi connectivity index (χ3v) is 2.86. The fraction of sp³-hybridized carbons (Fsp3) is 0.667. The van der Waals surface area contributed by atoms with E-state index in [2.05, 4.69) is 32.2 Å². The van der Waals surface area contributed by atoms with Crippen molar-refractivity contribution in [3.63, 3.8) is 0 Å². The maximum absolute atomic E-state index is 4.51. The summed E-state index contributed by atoms with van der Waals surface area (Å²) in [5.41, 5.74) is 0. The minimum atomic E-state index is -0.0874. The molecule has 5 nitrogen and oxygen atoms in total. The molecule has 0 aromatic rings. The summed E-state index contributed by atoms with van der Waals surface area (Å²) in [5.74, 6) is 1.62. The van der Waals surface area contributed by atoms with E-state index in [0.29, 0.717) is 0 Å². The van der Waals surface area contributed by atoms with Crippen LogP contribution in [-0.2, 0) is 0 Å². The van der Waals surface area contributed by atoms with Crippen LogP contribution in [0.15, 0.2) is 20.0 Å². The molecule has 0 saturated carbocycles. The summed E-state index contributed by atoms with van der Waals surface area (Å²) in [6, 6.07) is -0.0874. The van der Waals surface area contributed by atoms with Crippen molar-refractivity contribution < 1.29 is 0 Å². The number of hydrogen-bond donors (Lipinski definition) is 1. The van der Waals surface area contributed by atoms with E-state index < -0.39 is 0 Å². The molecule has 2 aliphatic heterocycles. The van der Waals surface area contributed by atoms with Gasteiger partial charge in [-0.15, -0.1) is 0 Å². The average molecular weight is 233 g/mol. The fourth-order valence-corrected chi connectivity index (χ4v) is 1.88. The number of nitrogens with one attached hydrogen (secondary N) is 1. The maximum Gasteiger partial charge on any atom is 0.168 e. The third kappa shape index (κ3) is 3.22. The van der Waals surface area contributed by atoms with E-state index in [1.165, 1.54) is 25.7 Å². The highest BCUT2D eigenvalue weighted by molar-refractivity contribution is 6.21. The van der Waals surface area contributed by atoms with Crippen LogP contribution in [0.3, 0.4) is 0 Å². The topological polar surface area (TPSA) is 61.5 Å². The number of fused-ring (bicyclic) bond motifs is 1. The smallest absolute Gasteiger partial charge is 0.168 e. The fourth-order valence-electron chi connectivity index (χ4n) is 1.88. The van der Waals surface area contributed by atoms with Gasteiger partial charge in [0.2, 0.25) is 0 Å². The summed E-state index contributed by atoms with van der Waals surface area (Å²) in [6.07, 6.45) is 9.50. The van der Waals surface area contributed by atoms with E-state index in [0.717, 1.165) is 24.6 Å². The van der Waals surface area contributed by atoms with E-state index in [9.17, 15) is 0 Å². The highest BCUT2D eigenvalue weighted by atomic mass is 15.2. The molecular weight excluding hydrogens is 214 g/mol. The maximum atomic E-state index is 4.51. The van der Waals surface area contributed by atoms with E-state index in [4.69, 9.17) is 0 Å². The van der Waals surface area contributed by atoms with Crippen LogP contribution in [0.2, 0.25) is 0 Å². The molecule has 0 aromatic carbocycles. The second-order valence-electron chi connectivity index (χ2n) is 4.24. The molecule has 0 spiro atoms. The second-order valence-corrected chi connectivity index (χ2v) is 4.24. The second kappa shape index (κ2) is 6.27. The highest BCUT2D eigenvalue weighted by Crippen LogP contribution is 2.08. The predicted molar refractivity (Wildman–Crippen MR) is 72.4 cm³/mol. The molecule has 92 valence electrons. The summed E-state index contributed by atoms with van der Waals surface area (Å²) in [5, 5.41) is 2.98. The van der Waals surface area contributed by atoms with Crippen molar-refractivity contribution >= 4 is 24.3 Å². The molecule has 1 N–H and O–H groups in total. The summed E-state index contributed by atoms with van der Waals surface area (Å²) in [4.78, 5) is 17.1. The number of aliphatic imine (C=N–C) groups is 4. The predicted octanol–water partition coefficient (Wildman–Crippen LogP) is 1.80. The van der Waals surface area contributed by atoms with Crippen molar-refractivity contribution in [1.29, 1.82) is 0 Å². The lowest BCUT2D eigenvalue weighted by atomic mass is 10.1. The molecule has 5 heteroatoms. The zero-order valence-corrected chi connectivity index (χ0v) is 10.3.